The number of ether oxygens (including phenoxy) is 3. The van der Waals surface area contributed by atoms with Gasteiger partial charge in [0.05, 0.1) is 19.3 Å². The van der Waals surface area contributed by atoms with Crippen LogP contribution in [0.25, 0.3) is 0 Å². The summed E-state index contributed by atoms with van der Waals surface area (Å²) in [4.78, 5) is 2.29. The van der Waals surface area contributed by atoms with E-state index in [2.05, 4.69) is 11.8 Å². The van der Waals surface area contributed by atoms with E-state index in [0.717, 1.165) is 13.1 Å². The molecule has 2 unspecified atom stereocenters. The summed E-state index contributed by atoms with van der Waals surface area (Å²) in [6.45, 7) is 8.45. The van der Waals surface area contributed by atoms with Crippen molar-refractivity contribution in [3.8, 4) is 0 Å². The first-order valence-corrected chi connectivity index (χ1v) is 6.23. The van der Waals surface area contributed by atoms with Crippen LogP contribution >= 0.6 is 0 Å². The number of rotatable bonds is 11. The summed E-state index contributed by atoms with van der Waals surface area (Å²) in [7, 11) is 3.43. The molecule has 5 nitrogen and oxygen atoms in total. The van der Waals surface area contributed by atoms with Crippen LogP contribution in [0, 0.1) is 0 Å². The van der Waals surface area contributed by atoms with Crippen LogP contribution in [0.4, 0.5) is 0 Å². The van der Waals surface area contributed by atoms with Crippen molar-refractivity contribution in [1.29, 1.82) is 0 Å². The minimum absolute atomic E-state index is 0.0798. The van der Waals surface area contributed by atoms with Gasteiger partial charge in [0.15, 0.2) is 0 Å². The van der Waals surface area contributed by atoms with Gasteiger partial charge >= 0.3 is 0 Å². The highest BCUT2D eigenvalue weighted by Gasteiger charge is 2.18. The molecule has 2 atom stereocenters. The van der Waals surface area contributed by atoms with Gasteiger partial charge in [-0.3, -0.25) is 4.90 Å². The lowest BCUT2D eigenvalue weighted by molar-refractivity contribution is 0.00750. The maximum absolute atomic E-state index is 5.70. The second-order valence-corrected chi connectivity index (χ2v) is 4.11. The molecule has 0 saturated heterocycles. The summed E-state index contributed by atoms with van der Waals surface area (Å²) < 4.78 is 15.9. The van der Waals surface area contributed by atoms with Crippen LogP contribution in [0.5, 0.6) is 0 Å². The van der Waals surface area contributed by atoms with Crippen LogP contribution in [-0.2, 0) is 14.2 Å². The monoisotopic (exact) mass is 248 g/mol. The Labute approximate surface area is 105 Å². The number of hydrogen-bond acceptors (Lipinski definition) is 5. The Hall–Kier alpha value is -0.200. The van der Waals surface area contributed by atoms with Crippen molar-refractivity contribution < 1.29 is 14.2 Å². The number of nitrogens with two attached hydrogens (primary N) is 1. The predicted octanol–water partition coefficient (Wildman–Crippen LogP) is 0.334. The molecule has 0 spiro atoms. The normalized spacial score (nSPS) is 15.2. The SMILES string of the molecule is CCOC(CN)CN(CCOC)C(C)COC. The fraction of sp³-hybridized carbons (Fsp3) is 1.00. The lowest BCUT2D eigenvalue weighted by Gasteiger charge is -2.31. The Bertz CT molecular complexity index is 170. The van der Waals surface area contributed by atoms with E-state index in [9.17, 15) is 0 Å². The minimum Gasteiger partial charge on any atom is -0.383 e. The van der Waals surface area contributed by atoms with E-state index in [0.29, 0.717) is 32.4 Å². The molecule has 0 aromatic carbocycles. The molecule has 104 valence electrons. The van der Waals surface area contributed by atoms with E-state index < -0.39 is 0 Å². The predicted molar refractivity (Wildman–Crippen MR) is 69.3 cm³/mol. The van der Waals surface area contributed by atoms with Crippen molar-refractivity contribution in [3.63, 3.8) is 0 Å². The summed E-state index contributed by atoms with van der Waals surface area (Å²) in [6, 6.07) is 0.338. The van der Waals surface area contributed by atoms with Gasteiger partial charge in [0.1, 0.15) is 0 Å². The van der Waals surface area contributed by atoms with Crippen molar-refractivity contribution in [2.45, 2.75) is 26.0 Å². The van der Waals surface area contributed by atoms with E-state index in [4.69, 9.17) is 19.9 Å². The summed E-state index contributed by atoms with van der Waals surface area (Å²) in [6.07, 6.45) is 0.0798. The number of methoxy groups -OCH3 is 2. The summed E-state index contributed by atoms with van der Waals surface area (Å²) in [5.41, 5.74) is 5.70. The maximum Gasteiger partial charge on any atom is 0.0823 e. The van der Waals surface area contributed by atoms with E-state index in [1.165, 1.54) is 0 Å². The molecule has 0 saturated carbocycles. The number of hydrogen-bond donors (Lipinski definition) is 1. The van der Waals surface area contributed by atoms with Crippen LogP contribution in [0.2, 0.25) is 0 Å². The van der Waals surface area contributed by atoms with Gasteiger partial charge in [0, 0.05) is 46.5 Å². The smallest absolute Gasteiger partial charge is 0.0823 e. The Morgan fingerprint density at radius 1 is 1.24 bits per heavy atom. The zero-order valence-electron chi connectivity index (χ0n) is 11.6. The largest absolute Gasteiger partial charge is 0.383 e. The topological polar surface area (TPSA) is 57.0 Å². The Kier molecular flexibility index (Phi) is 10.8. The van der Waals surface area contributed by atoms with Gasteiger partial charge in [-0.2, -0.15) is 0 Å². The van der Waals surface area contributed by atoms with Gasteiger partial charge in [-0.15, -0.1) is 0 Å². The molecule has 0 aromatic rings. The van der Waals surface area contributed by atoms with Crippen molar-refractivity contribution in [2.24, 2.45) is 5.73 Å². The van der Waals surface area contributed by atoms with Gasteiger partial charge in [-0.25, -0.2) is 0 Å². The molecule has 2 N–H and O–H groups in total. The Balaban J connectivity index is 4.23. The molecule has 17 heavy (non-hydrogen) atoms. The third-order valence-electron chi connectivity index (χ3n) is 2.72. The third kappa shape index (κ3) is 7.68. The van der Waals surface area contributed by atoms with Gasteiger partial charge in [-0.05, 0) is 13.8 Å². The van der Waals surface area contributed by atoms with Crippen LogP contribution in [0.3, 0.4) is 0 Å². The second kappa shape index (κ2) is 10.9. The molecule has 0 aliphatic carbocycles. The van der Waals surface area contributed by atoms with Gasteiger partial charge in [-0.1, -0.05) is 0 Å². The highest BCUT2D eigenvalue weighted by molar-refractivity contribution is 4.72. The van der Waals surface area contributed by atoms with Crippen LogP contribution in [0.1, 0.15) is 13.8 Å². The van der Waals surface area contributed by atoms with E-state index in [1.54, 1.807) is 14.2 Å². The van der Waals surface area contributed by atoms with Crippen LogP contribution in [-0.4, -0.2) is 70.7 Å². The lowest BCUT2D eigenvalue weighted by Crippen LogP contribution is -2.45. The molecule has 0 aliphatic rings. The van der Waals surface area contributed by atoms with E-state index in [1.807, 2.05) is 6.92 Å². The van der Waals surface area contributed by atoms with E-state index >= 15 is 0 Å². The lowest BCUT2D eigenvalue weighted by atomic mass is 10.2. The fourth-order valence-corrected chi connectivity index (χ4v) is 1.74. The highest BCUT2D eigenvalue weighted by Crippen LogP contribution is 2.03. The molecule has 0 rings (SSSR count). The summed E-state index contributed by atoms with van der Waals surface area (Å²) in [5, 5.41) is 0. The standard InChI is InChI=1S/C12H28N2O3/c1-5-17-12(8-13)9-14(6-7-15-3)11(2)10-16-4/h11-12H,5-10,13H2,1-4H3. The second-order valence-electron chi connectivity index (χ2n) is 4.11. The Morgan fingerprint density at radius 2 is 1.94 bits per heavy atom. The zero-order valence-corrected chi connectivity index (χ0v) is 11.6. The van der Waals surface area contributed by atoms with Crippen molar-refractivity contribution in [3.05, 3.63) is 0 Å². The molecule has 0 fully saturated rings. The number of nitrogens with zero attached hydrogens (tertiary/aromatic N) is 1. The first-order valence-electron chi connectivity index (χ1n) is 6.23. The van der Waals surface area contributed by atoms with Gasteiger partial charge in [0.2, 0.25) is 0 Å². The Morgan fingerprint density at radius 3 is 2.41 bits per heavy atom. The summed E-state index contributed by atoms with van der Waals surface area (Å²) >= 11 is 0. The van der Waals surface area contributed by atoms with Crippen molar-refractivity contribution in [2.75, 3.05) is 53.7 Å². The zero-order chi connectivity index (χ0) is 13.1. The average Bonchev–Trinajstić information content (AvgIpc) is 2.33. The molecule has 0 amide bonds. The van der Waals surface area contributed by atoms with Gasteiger partial charge in [0.25, 0.3) is 0 Å². The van der Waals surface area contributed by atoms with E-state index in [-0.39, 0.29) is 6.10 Å². The van der Waals surface area contributed by atoms with Crippen LogP contribution < -0.4 is 5.73 Å². The van der Waals surface area contributed by atoms with Gasteiger partial charge < -0.3 is 19.9 Å². The first kappa shape index (κ1) is 16.8. The maximum atomic E-state index is 5.70. The van der Waals surface area contributed by atoms with Crippen molar-refractivity contribution >= 4 is 0 Å². The molecule has 0 heterocycles. The molecule has 0 bridgehead atoms. The molecule has 5 heteroatoms. The molecular weight excluding hydrogens is 220 g/mol. The molecule has 0 aliphatic heterocycles. The minimum atomic E-state index is 0.0798. The highest BCUT2D eigenvalue weighted by atomic mass is 16.5. The third-order valence-corrected chi connectivity index (χ3v) is 2.72. The molecule has 0 radical (unpaired) electrons. The van der Waals surface area contributed by atoms with Crippen molar-refractivity contribution in [1.82, 2.24) is 4.90 Å². The molecular formula is C12H28N2O3. The summed E-state index contributed by atoms with van der Waals surface area (Å²) in [5.74, 6) is 0. The average molecular weight is 248 g/mol. The first-order chi connectivity index (χ1) is 8.19. The molecule has 0 aromatic heterocycles. The van der Waals surface area contributed by atoms with Crippen LogP contribution in [0.15, 0.2) is 0 Å². The quantitative estimate of drug-likeness (QED) is 0.571. The fourth-order valence-electron chi connectivity index (χ4n) is 1.74.